The van der Waals surface area contributed by atoms with E-state index in [1.165, 1.54) is 6.07 Å². The summed E-state index contributed by atoms with van der Waals surface area (Å²) in [5, 5.41) is 8.95. The number of aromatic amines is 1. The molecule has 2 N–H and O–H groups in total. The van der Waals surface area contributed by atoms with Gasteiger partial charge in [0, 0.05) is 11.5 Å². The number of carboxylic acid groups (broad SMARTS) is 1. The van der Waals surface area contributed by atoms with E-state index >= 15 is 0 Å². The molecule has 0 amide bonds. The highest BCUT2D eigenvalue weighted by Gasteiger charge is 2.10. The lowest BCUT2D eigenvalue weighted by molar-refractivity contribution is 0.0691. The molecule has 0 spiro atoms. The van der Waals surface area contributed by atoms with Crippen molar-refractivity contribution in [1.29, 1.82) is 0 Å². The number of H-pyrrole nitrogens is 1. The Hall–Kier alpha value is -1.69. The second-order valence-corrected chi connectivity index (χ2v) is 4.02. The highest BCUT2D eigenvalue weighted by molar-refractivity contribution is 9.10. The quantitative estimate of drug-likeness (QED) is 0.843. The number of halogens is 2. The first-order valence-electron chi connectivity index (χ1n) is 4.24. The van der Waals surface area contributed by atoms with Crippen molar-refractivity contribution in [2.45, 2.75) is 0 Å². The first-order valence-corrected chi connectivity index (χ1v) is 5.03. The minimum atomic E-state index is -1.26. The van der Waals surface area contributed by atoms with Gasteiger partial charge in [0.2, 0.25) is 0 Å². The summed E-state index contributed by atoms with van der Waals surface area (Å²) in [4.78, 5) is 24.7. The summed E-state index contributed by atoms with van der Waals surface area (Å²) in [5.41, 5.74) is -0.573. The molecule has 0 unspecified atom stereocenters. The Morgan fingerprint density at radius 1 is 1.38 bits per heavy atom. The summed E-state index contributed by atoms with van der Waals surface area (Å²) in [6, 6.07) is 3.36. The first kappa shape index (κ1) is 10.8. The van der Waals surface area contributed by atoms with Gasteiger partial charge < -0.3 is 10.1 Å². The zero-order valence-corrected chi connectivity index (χ0v) is 9.34. The van der Waals surface area contributed by atoms with Gasteiger partial charge in [-0.2, -0.15) is 0 Å². The van der Waals surface area contributed by atoms with E-state index in [0.29, 0.717) is 0 Å². The van der Waals surface area contributed by atoms with Gasteiger partial charge >= 0.3 is 5.97 Å². The van der Waals surface area contributed by atoms with Gasteiger partial charge in [-0.25, -0.2) is 9.18 Å². The molecule has 1 aromatic carbocycles. The predicted molar refractivity (Wildman–Crippen MR) is 59.2 cm³/mol. The molecule has 0 saturated carbocycles. The van der Waals surface area contributed by atoms with Crippen LogP contribution in [0, 0.1) is 5.82 Å². The summed E-state index contributed by atoms with van der Waals surface area (Å²) in [7, 11) is 0. The number of aromatic carboxylic acids is 1. The smallest absolute Gasteiger partial charge is 0.352 e. The van der Waals surface area contributed by atoms with Gasteiger partial charge in [0.05, 0.1) is 9.99 Å². The molecule has 2 rings (SSSR count). The summed E-state index contributed by atoms with van der Waals surface area (Å²) < 4.78 is 13.4. The zero-order valence-electron chi connectivity index (χ0n) is 7.75. The number of carboxylic acids is 1. The lowest BCUT2D eigenvalue weighted by Crippen LogP contribution is -2.09. The van der Waals surface area contributed by atoms with E-state index in [4.69, 9.17) is 5.11 Å². The summed E-state index contributed by atoms with van der Waals surface area (Å²) in [6.45, 7) is 0. The van der Waals surface area contributed by atoms with Crippen molar-refractivity contribution >= 4 is 32.8 Å². The fourth-order valence-electron chi connectivity index (χ4n) is 1.36. The van der Waals surface area contributed by atoms with Crippen molar-refractivity contribution in [3.63, 3.8) is 0 Å². The van der Waals surface area contributed by atoms with Crippen LogP contribution < -0.4 is 5.43 Å². The van der Waals surface area contributed by atoms with Crippen LogP contribution in [-0.4, -0.2) is 16.1 Å². The molecule has 2 aromatic rings. The van der Waals surface area contributed by atoms with Gasteiger partial charge in [0.1, 0.15) is 11.5 Å². The Bertz CT molecular complexity index is 650. The van der Waals surface area contributed by atoms with Crippen molar-refractivity contribution < 1.29 is 14.3 Å². The number of fused-ring (bicyclic) bond motifs is 1. The Kier molecular flexibility index (Phi) is 2.51. The maximum atomic E-state index is 13.2. The SMILES string of the molecule is O=C(O)c1cc(=O)c2cc(Br)c(F)cc2[nH]1. The minimum absolute atomic E-state index is 0.158. The highest BCUT2D eigenvalue weighted by Crippen LogP contribution is 2.20. The first-order chi connectivity index (χ1) is 7.49. The van der Waals surface area contributed by atoms with E-state index in [2.05, 4.69) is 20.9 Å². The number of aromatic nitrogens is 1. The average Bonchev–Trinajstić information content (AvgIpc) is 2.20. The molecular weight excluding hydrogens is 281 g/mol. The maximum absolute atomic E-state index is 13.2. The van der Waals surface area contributed by atoms with Gasteiger partial charge in [-0.15, -0.1) is 0 Å². The fraction of sp³-hybridized carbons (Fsp3) is 0. The monoisotopic (exact) mass is 285 g/mol. The zero-order chi connectivity index (χ0) is 11.9. The molecule has 0 atom stereocenters. The maximum Gasteiger partial charge on any atom is 0.352 e. The van der Waals surface area contributed by atoms with E-state index in [1.807, 2.05) is 0 Å². The summed E-state index contributed by atoms with van der Waals surface area (Å²) in [5.74, 6) is -1.83. The van der Waals surface area contributed by atoms with E-state index in [0.717, 1.165) is 12.1 Å². The lowest BCUT2D eigenvalue weighted by Gasteiger charge is -2.02. The third-order valence-electron chi connectivity index (χ3n) is 2.10. The summed E-state index contributed by atoms with van der Waals surface area (Å²) in [6.07, 6.45) is 0. The second-order valence-electron chi connectivity index (χ2n) is 3.16. The normalized spacial score (nSPS) is 10.6. The van der Waals surface area contributed by atoms with Crippen LogP contribution in [0.5, 0.6) is 0 Å². The van der Waals surface area contributed by atoms with Gasteiger partial charge in [0.25, 0.3) is 0 Å². The fourth-order valence-corrected chi connectivity index (χ4v) is 1.70. The van der Waals surface area contributed by atoms with E-state index in [-0.39, 0.29) is 21.1 Å². The molecule has 16 heavy (non-hydrogen) atoms. The van der Waals surface area contributed by atoms with Crippen LogP contribution in [-0.2, 0) is 0 Å². The Morgan fingerprint density at radius 3 is 2.69 bits per heavy atom. The van der Waals surface area contributed by atoms with Crippen LogP contribution >= 0.6 is 15.9 Å². The van der Waals surface area contributed by atoms with Crippen LogP contribution in [0.25, 0.3) is 10.9 Å². The molecule has 1 heterocycles. The average molecular weight is 286 g/mol. The standard InChI is InChI=1S/C10H5BrFNO3/c11-5-1-4-7(2-6(5)12)13-8(10(15)16)3-9(4)14/h1-3H,(H,13,14)(H,15,16). The van der Waals surface area contributed by atoms with Crippen LogP contribution in [0.1, 0.15) is 10.5 Å². The molecule has 0 saturated heterocycles. The molecule has 0 radical (unpaired) electrons. The molecule has 0 bridgehead atoms. The highest BCUT2D eigenvalue weighted by atomic mass is 79.9. The number of hydrogen-bond acceptors (Lipinski definition) is 2. The van der Waals surface area contributed by atoms with Crippen LogP contribution in [0.3, 0.4) is 0 Å². The number of nitrogens with one attached hydrogen (secondary N) is 1. The van der Waals surface area contributed by atoms with Crippen molar-refractivity contribution in [2.75, 3.05) is 0 Å². The molecule has 0 fully saturated rings. The van der Waals surface area contributed by atoms with Crippen molar-refractivity contribution in [1.82, 2.24) is 4.98 Å². The summed E-state index contributed by atoms with van der Waals surface area (Å²) >= 11 is 2.95. The van der Waals surface area contributed by atoms with Gasteiger partial charge in [-0.05, 0) is 28.1 Å². The number of pyridine rings is 1. The second kappa shape index (κ2) is 3.71. The number of benzene rings is 1. The largest absolute Gasteiger partial charge is 0.477 e. The number of carbonyl (C=O) groups is 1. The van der Waals surface area contributed by atoms with Crippen LogP contribution in [0.15, 0.2) is 27.5 Å². The Morgan fingerprint density at radius 2 is 2.06 bits per heavy atom. The molecule has 0 aliphatic rings. The minimum Gasteiger partial charge on any atom is -0.477 e. The van der Waals surface area contributed by atoms with Gasteiger partial charge in [0.15, 0.2) is 5.43 Å². The van der Waals surface area contributed by atoms with Crippen molar-refractivity contribution in [2.24, 2.45) is 0 Å². The van der Waals surface area contributed by atoms with Gasteiger partial charge in [-0.3, -0.25) is 4.79 Å². The van der Waals surface area contributed by atoms with Gasteiger partial charge in [-0.1, -0.05) is 0 Å². The molecule has 4 nitrogen and oxygen atoms in total. The van der Waals surface area contributed by atoms with Crippen LogP contribution in [0.2, 0.25) is 0 Å². The van der Waals surface area contributed by atoms with Crippen molar-refractivity contribution in [3.05, 3.63) is 44.4 Å². The topological polar surface area (TPSA) is 70.2 Å². The van der Waals surface area contributed by atoms with Crippen molar-refractivity contribution in [3.8, 4) is 0 Å². The Labute approximate surface area is 96.8 Å². The molecular formula is C10H5BrFNO3. The third kappa shape index (κ3) is 1.71. The molecule has 6 heteroatoms. The van der Waals surface area contributed by atoms with E-state index in [1.54, 1.807) is 0 Å². The lowest BCUT2D eigenvalue weighted by atomic mass is 10.2. The number of hydrogen-bond donors (Lipinski definition) is 2. The van der Waals surface area contributed by atoms with Crippen LogP contribution in [0.4, 0.5) is 4.39 Å². The predicted octanol–water partition coefficient (Wildman–Crippen LogP) is 2.13. The third-order valence-corrected chi connectivity index (χ3v) is 2.71. The van der Waals surface area contributed by atoms with E-state index < -0.39 is 17.2 Å². The molecule has 1 aromatic heterocycles. The molecule has 0 aliphatic heterocycles. The molecule has 82 valence electrons. The number of rotatable bonds is 1. The van der Waals surface area contributed by atoms with E-state index in [9.17, 15) is 14.0 Å². The molecule has 0 aliphatic carbocycles. The Balaban J connectivity index is 2.88.